The number of hydrogen-bond donors (Lipinski definition) is 1. The number of nitrogens with zero attached hydrogens (tertiary/aromatic N) is 1. The summed E-state index contributed by atoms with van der Waals surface area (Å²) >= 11 is 0. The Kier molecular flexibility index (Phi) is 3.47. The second-order valence-electron chi connectivity index (χ2n) is 4.18. The number of hydrogen-bond acceptors (Lipinski definition) is 3. The zero-order chi connectivity index (χ0) is 12.4. The summed E-state index contributed by atoms with van der Waals surface area (Å²) in [7, 11) is -0.769. The molecular weight excluding hydrogens is 236 g/mol. The Labute approximate surface area is 103 Å². The highest BCUT2D eigenvalue weighted by molar-refractivity contribution is 7.85. The number of para-hydroxylation sites is 1. The van der Waals surface area contributed by atoms with Crippen molar-refractivity contribution in [2.45, 2.75) is 6.92 Å². The van der Waals surface area contributed by atoms with Crippen LogP contribution in [0.3, 0.4) is 0 Å². The van der Waals surface area contributed by atoms with Crippen LogP contribution in [0.2, 0.25) is 0 Å². The van der Waals surface area contributed by atoms with E-state index in [4.69, 9.17) is 5.73 Å². The summed E-state index contributed by atoms with van der Waals surface area (Å²) in [6, 6.07) is 5.47. The topological polar surface area (TPSA) is 63.4 Å². The minimum Gasteiger partial charge on any atom is -0.398 e. The van der Waals surface area contributed by atoms with Crippen LogP contribution in [0.5, 0.6) is 0 Å². The molecule has 17 heavy (non-hydrogen) atoms. The first-order valence-electron chi connectivity index (χ1n) is 5.59. The van der Waals surface area contributed by atoms with Crippen LogP contribution >= 0.6 is 0 Å². The van der Waals surface area contributed by atoms with Gasteiger partial charge in [-0.15, -0.1) is 0 Å². The number of carbonyl (C=O) groups excluding carboxylic acids is 1. The molecule has 0 unspecified atom stereocenters. The van der Waals surface area contributed by atoms with Crippen LogP contribution in [0.25, 0.3) is 0 Å². The Hall–Kier alpha value is -1.36. The highest BCUT2D eigenvalue weighted by Gasteiger charge is 2.22. The van der Waals surface area contributed by atoms with Gasteiger partial charge in [0, 0.05) is 41.1 Å². The van der Waals surface area contributed by atoms with Gasteiger partial charge in [-0.3, -0.25) is 9.00 Å². The fourth-order valence-corrected chi connectivity index (χ4v) is 2.93. The molecule has 0 saturated carbocycles. The molecule has 1 heterocycles. The smallest absolute Gasteiger partial charge is 0.256 e. The van der Waals surface area contributed by atoms with Crippen molar-refractivity contribution in [2.75, 3.05) is 30.3 Å². The molecule has 1 aliphatic heterocycles. The Bertz CT molecular complexity index is 464. The van der Waals surface area contributed by atoms with E-state index < -0.39 is 10.8 Å². The molecule has 4 nitrogen and oxygen atoms in total. The second-order valence-corrected chi connectivity index (χ2v) is 5.87. The van der Waals surface area contributed by atoms with Gasteiger partial charge in [0.05, 0.1) is 5.56 Å². The lowest BCUT2D eigenvalue weighted by Gasteiger charge is -2.27. The van der Waals surface area contributed by atoms with Gasteiger partial charge in [-0.05, 0) is 18.6 Å². The number of benzene rings is 1. The third-order valence-electron chi connectivity index (χ3n) is 3.02. The maximum absolute atomic E-state index is 12.2. The van der Waals surface area contributed by atoms with E-state index in [9.17, 15) is 9.00 Å². The normalized spacial score (nSPS) is 17.1. The van der Waals surface area contributed by atoms with Crippen LogP contribution in [-0.2, 0) is 10.8 Å². The van der Waals surface area contributed by atoms with Gasteiger partial charge in [0.15, 0.2) is 0 Å². The standard InChI is InChI=1S/C12H16N2O2S/c1-9-3-2-4-10(11(9)13)12(15)14-5-7-17(16)8-6-14/h2-4H,5-8,13H2,1H3. The molecule has 2 N–H and O–H groups in total. The number of amides is 1. The van der Waals surface area contributed by atoms with Crippen LogP contribution in [0.4, 0.5) is 5.69 Å². The minimum absolute atomic E-state index is 0.0529. The van der Waals surface area contributed by atoms with Gasteiger partial charge in [-0.2, -0.15) is 0 Å². The number of carbonyl (C=O) groups is 1. The molecular formula is C12H16N2O2S. The molecule has 0 aromatic heterocycles. The molecule has 1 amide bonds. The average Bonchev–Trinajstić information content (AvgIpc) is 2.33. The van der Waals surface area contributed by atoms with Gasteiger partial charge in [0.1, 0.15) is 0 Å². The fraction of sp³-hybridized carbons (Fsp3) is 0.417. The SMILES string of the molecule is Cc1cccc(C(=O)N2CCS(=O)CC2)c1N. The number of rotatable bonds is 1. The lowest BCUT2D eigenvalue weighted by Crippen LogP contribution is -2.42. The summed E-state index contributed by atoms with van der Waals surface area (Å²) in [4.78, 5) is 14.0. The zero-order valence-corrected chi connectivity index (χ0v) is 10.6. The average molecular weight is 252 g/mol. The molecule has 5 heteroatoms. The summed E-state index contributed by atoms with van der Waals surface area (Å²) in [6.07, 6.45) is 0. The predicted molar refractivity (Wildman–Crippen MR) is 69.4 cm³/mol. The van der Waals surface area contributed by atoms with Crippen molar-refractivity contribution in [1.82, 2.24) is 4.90 Å². The van der Waals surface area contributed by atoms with Crippen LogP contribution < -0.4 is 5.73 Å². The summed E-state index contributed by atoms with van der Waals surface area (Å²) < 4.78 is 11.2. The number of anilines is 1. The summed E-state index contributed by atoms with van der Waals surface area (Å²) in [5, 5.41) is 0. The molecule has 92 valence electrons. The first-order valence-corrected chi connectivity index (χ1v) is 7.07. The first kappa shape index (κ1) is 12.1. The van der Waals surface area contributed by atoms with Crippen molar-refractivity contribution in [1.29, 1.82) is 0 Å². The molecule has 0 aliphatic carbocycles. The largest absolute Gasteiger partial charge is 0.398 e. The number of aryl methyl sites for hydroxylation is 1. The van der Waals surface area contributed by atoms with Crippen molar-refractivity contribution in [3.8, 4) is 0 Å². The quantitative estimate of drug-likeness (QED) is 0.751. The summed E-state index contributed by atoms with van der Waals surface area (Å²) in [5.41, 5.74) is 7.92. The molecule has 0 bridgehead atoms. The van der Waals surface area contributed by atoms with Crippen molar-refractivity contribution in [3.05, 3.63) is 29.3 Å². The van der Waals surface area contributed by atoms with E-state index in [1.807, 2.05) is 19.1 Å². The fourth-order valence-electron chi connectivity index (χ4n) is 1.88. The van der Waals surface area contributed by atoms with E-state index in [1.165, 1.54) is 0 Å². The zero-order valence-electron chi connectivity index (χ0n) is 9.81. The monoisotopic (exact) mass is 252 g/mol. The Balaban J connectivity index is 2.20. The highest BCUT2D eigenvalue weighted by atomic mass is 32.2. The lowest BCUT2D eigenvalue weighted by atomic mass is 10.1. The minimum atomic E-state index is -0.769. The van der Waals surface area contributed by atoms with E-state index in [1.54, 1.807) is 11.0 Å². The van der Waals surface area contributed by atoms with Gasteiger partial charge < -0.3 is 10.6 Å². The van der Waals surface area contributed by atoms with Crippen molar-refractivity contribution in [2.24, 2.45) is 0 Å². The van der Waals surface area contributed by atoms with Crippen molar-refractivity contribution in [3.63, 3.8) is 0 Å². The third-order valence-corrected chi connectivity index (χ3v) is 4.30. The van der Waals surface area contributed by atoms with E-state index in [-0.39, 0.29) is 5.91 Å². The predicted octanol–water partition coefficient (Wildman–Crippen LogP) is 0.782. The first-order chi connectivity index (χ1) is 8.09. The van der Waals surface area contributed by atoms with Gasteiger partial charge in [0.2, 0.25) is 0 Å². The Morgan fingerprint density at radius 2 is 2.00 bits per heavy atom. The van der Waals surface area contributed by atoms with Crippen molar-refractivity contribution >= 4 is 22.4 Å². The molecule has 1 aliphatic rings. The van der Waals surface area contributed by atoms with E-state index in [0.29, 0.717) is 35.8 Å². The summed E-state index contributed by atoms with van der Waals surface area (Å²) in [6.45, 7) is 3.00. The van der Waals surface area contributed by atoms with E-state index in [0.717, 1.165) is 5.56 Å². The van der Waals surface area contributed by atoms with Crippen LogP contribution in [0.15, 0.2) is 18.2 Å². The molecule has 1 saturated heterocycles. The van der Waals surface area contributed by atoms with Gasteiger partial charge in [-0.1, -0.05) is 12.1 Å². The van der Waals surface area contributed by atoms with Gasteiger partial charge in [0.25, 0.3) is 5.91 Å². The Morgan fingerprint density at radius 3 is 2.65 bits per heavy atom. The molecule has 1 aromatic rings. The highest BCUT2D eigenvalue weighted by Crippen LogP contribution is 2.19. The van der Waals surface area contributed by atoms with Crippen LogP contribution in [-0.4, -0.2) is 39.6 Å². The molecule has 0 spiro atoms. The number of nitrogens with two attached hydrogens (primary N) is 1. The molecule has 2 rings (SSSR count). The maximum Gasteiger partial charge on any atom is 0.256 e. The van der Waals surface area contributed by atoms with Crippen LogP contribution in [0, 0.1) is 6.92 Å². The third kappa shape index (κ3) is 2.49. The van der Waals surface area contributed by atoms with Crippen LogP contribution in [0.1, 0.15) is 15.9 Å². The molecule has 1 aromatic carbocycles. The van der Waals surface area contributed by atoms with E-state index in [2.05, 4.69) is 0 Å². The molecule has 0 atom stereocenters. The lowest BCUT2D eigenvalue weighted by molar-refractivity contribution is 0.0772. The molecule has 0 radical (unpaired) electrons. The van der Waals surface area contributed by atoms with Crippen molar-refractivity contribution < 1.29 is 9.00 Å². The maximum atomic E-state index is 12.2. The van der Waals surface area contributed by atoms with Gasteiger partial charge >= 0.3 is 0 Å². The summed E-state index contributed by atoms with van der Waals surface area (Å²) in [5.74, 6) is 1.08. The van der Waals surface area contributed by atoms with Gasteiger partial charge in [-0.25, -0.2) is 0 Å². The molecule has 1 fully saturated rings. The number of nitrogen functional groups attached to an aromatic ring is 1. The Morgan fingerprint density at radius 1 is 1.35 bits per heavy atom. The van der Waals surface area contributed by atoms with E-state index >= 15 is 0 Å². The second kappa shape index (κ2) is 4.87.